The second-order valence-electron chi connectivity index (χ2n) is 5.31. The molecule has 0 saturated heterocycles. The van der Waals surface area contributed by atoms with E-state index in [-0.39, 0.29) is 22.1 Å². The first-order chi connectivity index (χ1) is 11.7. The van der Waals surface area contributed by atoms with Crippen molar-refractivity contribution in [2.24, 2.45) is 5.14 Å². The van der Waals surface area contributed by atoms with Gasteiger partial charge in [0.1, 0.15) is 11.3 Å². The molecule has 1 aromatic carbocycles. The summed E-state index contributed by atoms with van der Waals surface area (Å²) in [4.78, 5) is 25.7. The summed E-state index contributed by atoms with van der Waals surface area (Å²) in [7, 11) is -2.65. The zero-order chi connectivity index (χ0) is 19.0. The lowest BCUT2D eigenvalue weighted by Crippen LogP contribution is -2.35. The Bertz CT molecular complexity index is 717. The molecule has 0 radical (unpaired) electrons. The SMILES string of the molecule is CCCCN(CC)C(=O)COC(=O)c1cc(S(N)(=O)=O)ccc1OC. The average Bonchev–Trinajstić information content (AvgIpc) is 2.58. The first kappa shape index (κ1) is 20.9. The number of methoxy groups -OCH3 is 1. The van der Waals surface area contributed by atoms with Gasteiger partial charge in [0.05, 0.1) is 12.0 Å². The van der Waals surface area contributed by atoms with E-state index < -0.39 is 22.6 Å². The summed E-state index contributed by atoms with van der Waals surface area (Å²) >= 11 is 0. The van der Waals surface area contributed by atoms with Gasteiger partial charge >= 0.3 is 5.97 Å². The smallest absolute Gasteiger partial charge is 0.342 e. The molecule has 0 aliphatic heterocycles. The van der Waals surface area contributed by atoms with E-state index in [1.807, 2.05) is 13.8 Å². The van der Waals surface area contributed by atoms with E-state index in [0.717, 1.165) is 18.9 Å². The van der Waals surface area contributed by atoms with Crippen LogP contribution in [0.1, 0.15) is 37.0 Å². The zero-order valence-electron chi connectivity index (χ0n) is 14.6. The van der Waals surface area contributed by atoms with E-state index in [0.29, 0.717) is 13.1 Å². The molecule has 1 aromatic rings. The van der Waals surface area contributed by atoms with E-state index in [1.165, 1.54) is 19.2 Å². The zero-order valence-corrected chi connectivity index (χ0v) is 15.5. The summed E-state index contributed by atoms with van der Waals surface area (Å²) in [6.45, 7) is 4.53. The molecule has 0 bridgehead atoms. The van der Waals surface area contributed by atoms with Gasteiger partial charge in [-0.05, 0) is 31.5 Å². The number of ether oxygens (including phenoxy) is 2. The second kappa shape index (κ2) is 9.38. The quantitative estimate of drug-likeness (QED) is 0.650. The number of nitrogens with zero attached hydrogens (tertiary/aromatic N) is 1. The number of esters is 1. The van der Waals surface area contributed by atoms with Crippen molar-refractivity contribution in [3.8, 4) is 5.75 Å². The number of carbonyl (C=O) groups excluding carboxylic acids is 2. The number of rotatable bonds is 9. The minimum absolute atomic E-state index is 0.113. The maximum atomic E-state index is 12.2. The molecule has 8 nitrogen and oxygen atoms in total. The predicted molar refractivity (Wildman–Crippen MR) is 91.8 cm³/mol. The lowest BCUT2D eigenvalue weighted by molar-refractivity contribution is -0.134. The number of likely N-dealkylation sites (N-methyl/N-ethyl adjacent to an activating group) is 1. The Morgan fingerprint density at radius 3 is 2.44 bits per heavy atom. The summed E-state index contributed by atoms with van der Waals surface area (Å²) in [6.07, 6.45) is 1.80. The molecule has 0 heterocycles. The lowest BCUT2D eigenvalue weighted by Gasteiger charge is -2.20. The molecule has 25 heavy (non-hydrogen) atoms. The number of nitrogens with two attached hydrogens (primary N) is 1. The van der Waals surface area contributed by atoms with Crippen LogP contribution in [0.5, 0.6) is 5.75 Å². The van der Waals surface area contributed by atoms with E-state index in [4.69, 9.17) is 14.6 Å². The standard InChI is InChI=1S/C16H24N2O6S/c1-4-6-9-18(5-2)15(19)11-24-16(20)13-10-12(25(17,21)22)7-8-14(13)23-3/h7-8,10H,4-6,9,11H2,1-3H3,(H2,17,21,22). The molecule has 0 atom stereocenters. The van der Waals surface area contributed by atoms with Crippen LogP contribution in [-0.4, -0.2) is 52.0 Å². The van der Waals surface area contributed by atoms with Crippen molar-refractivity contribution in [1.82, 2.24) is 4.90 Å². The van der Waals surface area contributed by atoms with Crippen LogP contribution in [-0.2, 0) is 19.6 Å². The number of unbranched alkanes of at least 4 members (excludes halogenated alkanes) is 1. The third kappa shape index (κ3) is 6.02. The summed E-state index contributed by atoms with van der Waals surface area (Å²) in [6, 6.07) is 3.59. The number of benzene rings is 1. The number of carbonyl (C=O) groups is 2. The van der Waals surface area contributed by atoms with E-state index in [9.17, 15) is 18.0 Å². The molecular formula is C16H24N2O6S. The summed E-state index contributed by atoms with van der Waals surface area (Å²) in [5.74, 6) is -1.05. The Morgan fingerprint density at radius 2 is 1.92 bits per heavy atom. The number of primary sulfonamides is 1. The molecule has 140 valence electrons. The largest absolute Gasteiger partial charge is 0.496 e. The molecule has 0 saturated carbocycles. The topological polar surface area (TPSA) is 116 Å². The summed E-state index contributed by atoms with van der Waals surface area (Å²) in [5.41, 5.74) is -0.113. The Hall–Kier alpha value is -2.13. The Kier molecular flexibility index (Phi) is 7.85. The third-order valence-corrected chi connectivity index (χ3v) is 4.47. The van der Waals surface area contributed by atoms with E-state index in [1.54, 1.807) is 4.90 Å². The Morgan fingerprint density at radius 1 is 1.24 bits per heavy atom. The number of amides is 1. The van der Waals surface area contributed by atoms with Crippen molar-refractivity contribution in [2.75, 3.05) is 26.8 Å². The molecule has 0 aliphatic rings. The van der Waals surface area contributed by atoms with Crippen molar-refractivity contribution >= 4 is 21.9 Å². The van der Waals surface area contributed by atoms with Gasteiger partial charge in [-0.15, -0.1) is 0 Å². The van der Waals surface area contributed by atoms with Crippen LogP contribution in [0.25, 0.3) is 0 Å². The molecule has 0 aliphatic carbocycles. The van der Waals surface area contributed by atoms with Gasteiger partial charge in [-0.3, -0.25) is 4.79 Å². The fraction of sp³-hybridized carbons (Fsp3) is 0.500. The van der Waals surface area contributed by atoms with Gasteiger partial charge < -0.3 is 14.4 Å². The van der Waals surface area contributed by atoms with Crippen LogP contribution < -0.4 is 9.88 Å². The summed E-state index contributed by atoms with van der Waals surface area (Å²) in [5, 5.41) is 5.06. The number of hydrogen-bond donors (Lipinski definition) is 1. The van der Waals surface area contributed by atoms with Gasteiger partial charge in [-0.25, -0.2) is 18.4 Å². The van der Waals surface area contributed by atoms with Gasteiger partial charge in [0.25, 0.3) is 5.91 Å². The molecule has 1 amide bonds. The minimum atomic E-state index is -3.98. The molecule has 0 spiro atoms. The molecule has 0 aromatic heterocycles. The van der Waals surface area contributed by atoms with Crippen molar-refractivity contribution < 1.29 is 27.5 Å². The third-order valence-electron chi connectivity index (χ3n) is 3.56. The highest BCUT2D eigenvalue weighted by molar-refractivity contribution is 7.89. The van der Waals surface area contributed by atoms with Gasteiger partial charge in [-0.2, -0.15) is 0 Å². The second-order valence-corrected chi connectivity index (χ2v) is 6.87. The number of hydrogen-bond acceptors (Lipinski definition) is 6. The first-order valence-electron chi connectivity index (χ1n) is 7.90. The van der Waals surface area contributed by atoms with Crippen molar-refractivity contribution in [2.45, 2.75) is 31.6 Å². The van der Waals surface area contributed by atoms with E-state index >= 15 is 0 Å². The van der Waals surface area contributed by atoms with Crippen molar-refractivity contribution in [1.29, 1.82) is 0 Å². The van der Waals surface area contributed by atoms with Crippen LogP contribution in [0.15, 0.2) is 23.1 Å². The molecule has 0 unspecified atom stereocenters. The van der Waals surface area contributed by atoms with Crippen LogP contribution in [0.4, 0.5) is 0 Å². The number of sulfonamides is 1. The highest BCUT2D eigenvalue weighted by Crippen LogP contribution is 2.22. The molecule has 1 rings (SSSR count). The maximum Gasteiger partial charge on any atom is 0.342 e. The van der Waals surface area contributed by atoms with Crippen LogP contribution in [0.2, 0.25) is 0 Å². The normalized spacial score (nSPS) is 11.0. The fourth-order valence-corrected chi connectivity index (χ4v) is 2.67. The van der Waals surface area contributed by atoms with Gasteiger partial charge in [0, 0.05) is 13.1 Å². The Balaban J connectivity index is 2.88. The average molecular weight is 372 g/mol. The first-order valence-corrected chi connectivity index (χ1v) is 9.44. The monoisotopic (exact) mass is 372 g/mol. The van der Waals surface area contributed by atoms with Crippen LogP contribution in [0.3, 0.4) is 0 Å². The van der Waals surface area contributed by atoms with Gasteiger partial charge in [0.15, 0.2) is 6.61 Å². The van der Waals surface area contributed by atoms with E-state index in [2.05, 4.69) is 0 Å². The van der Waals surface area contributed by atoms with Crippen LogP contribution >= 0.6 is 0 Å². The fourth-order valence-electron chi connectivity index (χ4n) is 2.13. The van der Waals surface area contributed by atoms with Crippen LogP contribution in [0, 0.1) is 0 Å². The van der Waals surface area contributed by atoms with Crippen molar-refractivity contribution in [3.05, 3.63) is 23.8 Å². The summed E-state index contributed by atoms with van der Waals surface area (Å²) < 4.78 is 32.9. The molecule has 0 fully saturated rings. The molecule has 2 N–H and O–H groups in total. The van der Waals surface area contributed by atoms with Gasteiger partial charge in [-0.1, -0.05) is 13.3 Å². The molecule has 9 heteroatoms. The lowest BCUT2D eigenvalue weighted by atomic mass is 10.2. The van der Waals surface area contributed by atoms with Gasteiger partial charge in [0.2, 0.25) is 10.0 Å². The highest BCUT2D eigenvalue weighted by Gasteiger charge is 2.20. The van der Waals surface area contributed by atoms with Crippen molar-refractivity contribution in [3.63, 3.8) is 0 Å². The Labute approximate surface area is 147 Å². The predicted octanol–water partition coefficient (Wildman–Crippen LogP) is 1.15. The maximum absolute atomic E-state index is 12.2. The molecular weight excluding hydrogens is 348 g/mol. The highest BCUT2D eigenvalue weighted by atomic mass is 32.2. The minimum Gasteiger partial charge on any atom is -0.496 e.